The molecule has 10 aromatic carbocycles. The zero-order valence-corrected chi connectivity index (χ0v) is 60.9. The molecule has 0 bridgehead atoms. The van der Waals surface area contributed by atoms with Crippen molar-refractivity contribution in [2.24, 2.45) is 0 Å². The molecule has 5 heterocycles. The second kappa shape index (κ2) is 18.7. The van der Waals surface area contributed by atoms with E-state index in [9.17, 15) is 0 Å². The number of rotatable bonds is 3. The molecule has 18 rings (SSSR count). The molecule has 0 saturated heterocycles. The summed E-state index contributed by atoms with van der Waals surface area (Å²) in [5.41, 5.74) is 37.5. The smallest absolute Gasteiger partial charge is 0.253 e. The van der Waals surface area contributed by atoms with Crippen LogP contribution in [0.15, 0.2) is 164 Å². The summed E-state index contributed by atoms with van der Waals surface area (Å²) in [7, 11) is 0. The Hall–Kier alpha value is -8.14. The molecule has 0 atom stereocenters. The fraction of sp³-hybridized carbons (Fsp3) is 0.355. The summed E-state index contributed by atoms with van der Waals surface area (Å²) in [6.45, 7) is 49.1. The van der Waals surface area contributed by atoms with Gasteiger partial charge >= 0.3 is 0 Å². The van der Waals surface area contributed by atoms with E-state index in [1.807, 2.05) is 0 Å². The summed E-state index contributed by atoms with van der Waals surface area (Å²) >= 11 is 0. The lowest BCUT2D eigenvalue weighted by Crippen LogP contribution is -2.61. The largest absolute Gasteiger partial charge is 0.310 e. The fourth-order valence-electron chi connectivity index (χ4n) is 19.6. The van der Waals surface area contributed by atoms with Crippen LogP contribution in [0, 0.1) is 0 Å². The molecule has 0 unspecified atom stereocenters. The van der Waals surface area contributed by atoms with Gasteiger partial charge in [0, 0.05) is 38.6 Å². The maximum atomic E-state index is 2.88. The van der Waals surface area contributed by atoms with Gasteiger partial charge in [-0.1, -0.05) is 260 Å². The van der Waals surface area contributed by atoms with Crippen LogP contribution in [0.1, 0.15) is 231 Å². The van der Waals surface area contributed by atoms with Crippen LogP contribution < -0.4 is 16.4 Å². The van der Waals surface area contributed by atoms with Crippen LogP contribution in [0.25, 0.3) is 99.5 Å². The molecule has 2 nitrogen and oxygen atoms in total. The average Bonchev–Trinajstić information content (AvgIpc) is 1.43. The van der Waals surface area contributed by atoms with Crippen molar-refractivity contribution in [3.8, 4) is 56.0 Å². The van der Waals surface area contributed by atoms with Crippen molar-refractivity contribution in [2.45, 2.75) is 213 Å². The minimum absolute atomic E-state index is 0.0212. The Kier molecular flexibility index (Phi) is 11.8. The zero-order valence-electron chi connectivity index (χ0n) is 60.9. The van der Waals surface area contributed by atoms with Crippen molar-refractivity contribution in [2.75, 3.05) is 0 Å². The van der Waals surface area contributed by atoms with E-state index in [-0.39, 0.29) is 50.0 Å². The van der Waals surface area contributed by atoms with Gasteiger partial charge in [-0.2, -0.15) is 0 Å². The topological polar surface area (TPSA) is 9.86 Å². The number of aromatic nitrogens is 2. The molecule has 0 saturated carbocycles. The molecular formula is C93H95BN2. The van der Waals surface area contributed by atoms with Crippen molar-refractivity contribution < 1.29 is 0 Å². The Morgan fingerprint density at radius 1 is 0.333 bits per heavy atom. The van der Waals surface area contributed by atoms with E-state index in [1.165, 1.54) is 183 Å². The predicted octanol–water partition coefficient (Wildman–Crippen LogP) is 22.6. The van der Waals surface area contributed by atoms with E-state index in [1.54, 1.807) is 0 Å². The summed E-state index contributed by atoms with van der Waals surface area (Å²) in [5, 5.41) is 6.69. The molecule has 3 heteroatoms. The highest BCUT2D eigenvalue weighted by atomic mass is 15.1. The number of nitrogens with zero attached hydrogens (tertiary/aromatic N) is 2. The Morgan fingerprint density at radius 3 is 1.43 bits per heavy atom. The van der Waals surface area contributed by atoms with Gasteiger partial charge < -0.3 is 9.13 Å². The first-order chi connectivity index (χ1) is 45.1. The summed E-state index contributed by atoms with van der Waals surface area (Å²) in [6, 6.07) is 68.0. The Balaban J connectivity index is 1.09. The predicted molar refractivity (Wildman–Crippen MR) is 412 cm³/mol. The van der Waals surface area contributed by atoms with Gasteiger partial charge in [-0.05, 0) is 239 Å². The van der Waals surface area contributed by atoms with Crippen LogP contribution in [-0.4, -0.2) is 15.8 Å². The molecule has 1 spiro atoms. The zero-order chi connectivity index (χ0) is 67.2. The van der Waals surface area contributed by atoms with Gasteiger partial charge in [0.15, 0.2) is 0 Å². The third-order valence-electron chi connectivity index (χ3n) is 25.4. The van der Waals surface area contributed by atoms with Crippen LogP contribution >= 0.6 is 0 Å². The molecule has 6 aliphatic rings. The molecule has 480 valence electrons. The van der Waals surface area contributed by atoms with E-state index in [0.29, 0.717) is 0 Å². The average molecular weight is 1250 g/mol. The lowest BCUT2D eigenvalue weighted by molar-refractivity contribution is 0.332. The van der Waals surface area contributed by atoms with Crippen molar-refractivity contribution in [3.05, 3.63) is 231 Å². The SMILES string of the molecule is CC(C)(C)c1cc(-c2cc3c(cc2-c2c(-c4ccc5c(c4)C(C)(C)CCC5(C)C)n4c5c(c6ccccc6cc25)B2c5c-4ccc4c5-n5c6c2cc(C(C)(C)C)cc6c2cc(C(C)(C)C)cc(c25)C42c4ccccc4-c4ccccc42)C(C)(C)CCC3(C)C)cc(C(C)(C)C)c1. The number of hydrogen-bond acceptors (Lipinski definition) is 0. The van der Waals surface area contributed by atoms with Gasteiger partial charge in [0.2, 0.25) is 0 Å². The van der Waals surface area contributed by atoms with Crippen molar-refractivity contribution in [3.63, 3.8) is 0 Å². The number of fused-ring (bicyclic) bond motifs is 15. The van der Waals surface area contributed by atoms with E-state index in [0.717, 1.165) is 25.7 Å². The molecular weight excluding hydrogens is 1160 g/mol. The number of benzene rings is 10. The fourth-order valence-corrected chi connectivity index (χ4v) is 19.6. The van der Waals surface area contributed by atoms with Gasteiger partial charge in [0.05, 0.1) is 22.1 Å². The first kappa shape index (κ1) is 60.3. The standard InChI is InChI=1S/C93H95BN2/c1-85(2,3)55-41-54(42-56(45-55)86(4,5)6)62-50-72-73(92(19,20)40-39-91(72,17)18)51-63(62)77-66-43-52-27-21-22-28-59(52)78-83(66)95(80(77)53-33-34-69-71(44-53)90(15,16)38-37-89(69,13)14)76-36-35-70-84-79(76)94(78)75-49-58(88(10,11)12)47-65-64-46-57(87(7,8)9)48-74(81(64)96(84)82(65)75)93(70)67-31-25-23-29-60(67)61-30-24-26-32-68(61)93/h21-36,41-51H,37-40H2,1-20H3. The van der Waals surface area contributed by atoms with E-state index >= 15 is 0 Å². The van der Waals surface area contributed by atoms with Gasteiger partial charge in [0.1, 0.15) is 0 Å². The van der Waals surface area contributed by atoms with Crippen molar-refractivity contribution >= 4 is 66.6 Å². The Labute approximate surface area is 571 Å². The van der Waals surface area contributed by atoms with E-state index < -0.39 is 5.41 Å². The highest BCUT2D eigenvalue weighted by Gasteiger charge is 2.56. The second-order valence-electron chi connectivity index (χ2n) is 37.4. The lowest BCUT2D eigenvalue weighted by Gasteiger charge is -2.44. The molecule has 0 radical (unpaired) electrons. The van der Waals surface area contributed by atoms with E-state index in [4.69, 9.17) is 0 Å². The van der Waals surface area contributed by atoms with Crippen molar-refractivity contribution in [1.29, 1.82) is 0 Å². The van der Waals surface area contributed by atoms with Crippen molar-refractivity contribution in [1.82, 2.24) is 9.13 Å². The first-order valence-corrected chi connectivity index (χ1v) is 36.3. The van der Waals surface area contributed by atoms with E-state index in [2.05, 4.69) is 311 Å². The van der Waals surface area contributed by atoms with Crippen LogP contribution in [0.5, 0.6) is 0 Å². The minimum Gasteiger partial charge on any atom is -0.310 e. The summed E-state index contributed by atoms with van der Waals surface area (Å²) in [5.74, 6) is 0. The maximum absolute atomic E-state index is 2.88. The first-order valence-electron chi connectivity index (χ1n) is 36.3. The van der Waals surface area contributed by atoms with Gasteiger partial charge in [-0.3, -0.25) is 0 Å². The minimum atomic E-state index is -0.613. The highest BCUT2D eigenvalue weighted by Crippen LogP contribution is 2.63. The van der Waals surface area contributed by atoms with Gasteiger partial charge in [0.25, 0.3) is 6.71 Å². The van der Waals surface area contributed by atoms with Crippen LogP contribution in [0.2, 0.25) is 0 Å². The van der Waals surface area contributed by atoms with Gasteiger partial charge in [-0.15, -0.1) is 0 Å². The molecule has 96 heavy (non-hydrogen) atoms. The quantitative estimate of drug-likeness (QED) is 0.156. The lowest BCUT2D eigenvalue weighted by atomic mass is 9.33. The third-order valence-corrected chi connectivity index (χ3v) is 25.4. The van der Waals surface area contributed by atoms with Crippen LogP contribution in [0.3, 0.4) is 0 Å². The molecule has 0 N–H and O–H groups in total. The van der Waals surface area contributed by atoms with Crippen LogP contribution in [0.4, 0.5) is 0 Å². The molecule has 2 aromatic heterocycles. The van der Waals surface area contributed by atoms with Gasteiger partial charge in [-0.25, -0.2) is 0 Å². The Morgan fingerprint density at radius 2 is 0.833 bits per heavy atom. The van der Waals surface area contributed by atoms with Crippen LogP contribution in [-0.2, 0) is 48.7 Å². The molecule has 0 fully saturated rings. The summed E-state index contributed by atoms with van der Waals surface area (Å²) < 4.78 is 5.72. The summed E-state index contributed by atoms with van der Waals surface area (Å²) in [4.78, 5) is 0. The Bertz CT molecular complexity index is 5430. The molecule has 3 aliphatic carbocycles. The molecule has 3 aliphatic heterocycles. The highest BCUT2D eigenvalue weighted by molar-refractivity contribution is 7.01. The molecule has 12 aromatic rings. The normalized spacial score (nSPS) is 17.8. The second-order valence-corrected chi connectivity index (χ2v) is 37.4. The molecule has 0 amide bonds. The third kappa shape index (κ3) is 7.84. The number of hydrogen-bond donors (Lipinski definition) is 0. The summed E-state index contributed by atoms with van der Waals surface area (Å²) in [6.07, 6.45) is 4.58. The monoisotopic (exact) mass is 1250 g/mol. The maximum Gasteiger partial charge on any atom is 0.253 e.